The second-order valence-electron chi connectivity index (χ2n) is 2.84. The summed E-state index contributed by atoms with van der Waals surface area (Å²) in [5.74, 6) is 0. The zero-order valence-corrected chi connectivity index (χ0v) is 7.06. The monoisotopic (exact) mass is 149 g/mol. The summed E-state index contributed by atoms with van der Waals surface area (Å²) >= 11 is 0. The maximum atomic E-state index is 7.63. The summed E-state index contributed by atoms with van der Waals surface area (Å²) in [6, 6.07) is 0. The first kappa shape index (κ1) is 8.25. The van der Waals surface area contributed by atoms with Gasteiger partial charge >= 0.3 is 0 Å². The molecule has 0 spiro atoms. The van der Waals surface area contributed by atoms with Crippen LogP contribution in [0.5, 0.6) is 0 Å². The van der Waals surface area contributed by atoms with Gasteiger partial charge in [-0.1, -0.05) is 25.2 Å². The lowest BCUT2D eigenvalue weighted by Crippen LogP contribution is -1.98. The van der Waals surface area contributed by atoms with Crippen molar-refractivity contribution in [3.63, 3.8) is 0 Å². The van der Waals surface area contributed by atoms with Gasteiger partial charge in [-0.15, -0.1) is 0 Å². The Morgan fingerprint density at radius 3 is 3.18 bits per heavy atom. The lowest BCUT2D eigenvalue weighted by atomic mass is 10.0. The Morgan fingerprint density at radius 1 is 1.64 bits per heavy atom. The van der Waals surface area contributed by atoms with Gasteiger partial charge in [-0.3, -0.25) is 0 Å². The molecule has 1 N–H and O–H groups in total. The average Bonchev–Trinajstić information content (AvgIpc) is 2.30. The van der Waals surface area contributed by atoms with Gasteiger partial charge in [0.1, 0.15) is 0 Å². The van der Waals surface area contributed by atoms with Gasteiger partial charge in [-0.2, -0.15) is 0 Å². The summed E-state index contributed by atoms with van der Waals surface area (Å²) in [5.41, 5.74) is 2.03. The molecule has 0 saturated heterocycles. The Kier molecular flexibility index (Phi) is 3.09. The maximum Gasteiger partial charge on any atom is 0.0343 e. The summed E-state index contributed by atoms with van der Waals surface area (Å²) in [6.45, 7) is 2.04. The van der Waals surface area contributed by atoms with E-state index in [4.69, 9.17) is 5.41 Å². The molecule has 1 aliphatic rings. The summed E-state index contributed by atoms with van der Waals surface area (Å²) in [4.78, 5) is 0. The number of hydrogen-bond acceptors (Lipinski definition) is 1. The van der Waals surface area contributed by atoms with Crippen molar-refractivity contribution < 1.29 is 0 Å². The molecular weight excluding hydrogens is 134 g/mol. The van der Waals surface area contributed by atoms with E-state index in [1.807, 2.05) is 6.92 Å². The van der Waals surface area contributed by atoms with Gasteiger partial charge in [-0.25, -0.2) is 0 Å². The van der Waals surface area contributed by atoms with E-state index in [1.165, 1.54) is 12.0 Å². The van der Waals surface area contributed by atoms with Gasteiger partial charge in [0.25, 0.3) is 0 Å². The highest BCUT2D eigenvalue weighted by Crippen LogP contribution is 2.14. The Morgan fingerprint density at radius 2 is 2.45 bits per heavy atom. The number of nitrogens with one attached hydrogen (secondary N) is 1. The van der Waals surface area contributed by atoms with Crippen LogP contribution >= 0.6 is 0 Å². The van der Waals surface area contributed by atoms with Gasteiger partial charge in [-0.05, 0) is 31.3 Å². The lowest BCUT2D eigenvalue weighted by molar-refractivity contribution is 0.856. The largest absolute Gasteiger partial charge is 0.305 e. The van der Waals surface area contributed by atoms with Crippen molar-refractivity contribution in [2.75, 3.05) is 0 Å². The van der Waals surface area contributed by atoms with Gasteiger partial charge in [0.15, 0.2) is 0 Å². The van der Waals surface area contributed by atoms with Crippen molar-refractivity contribution in [2.24, 2.45) is 0 Å². The molecule has 0 aromatic rings. The molecule has 60 valence electrons. The highest BCUT2D eigenvalue weighted by molar-refractivity contribution is 5.97. The van der Waals surface area contributed by atoms with Crippen LogP contribution in [0.3, 0.4) is 0 Å². The second kappa shape index (κ2) is 4.12. The van der Waals surface area contributed by atoms with Crippen molar-refractivity contribution in [2.45, 2.75) is 32.6 Å². The smallest absolute Gasteiger partial charge is 0.0343 e. The molecule has 1 aliphatic carbocycles. The third-order valence-corrected chi connectivity index (χ3v) is 1.99. The molecule has 0 aromatic carbocycles. The van der Waals surface area contributed by atoms with E-state index in [0.29, 0.717) is 0 Å². The van der Waals surface area contributed by atoms with Gasteiger partial charge in [0.05, 0.1) is 0 Å². The standard InChI is InChI=1S/C10H15N/c1-2-10(11)9-7-5-3-4-6-8-9/h3,5,7,11H,2,4,6,8H2,1H3. The summed E-state index contributed by atoms with van der Waals surface area (Å²) in [7, 11) is 0. The predicted octanol–water partition coefficient (Wildman–Crippen LogP) is 3.08. The van der Waals surface area contributed by atoms with Crippen molar-refractivity contribution in [3.8, 4) is 0 Å². The highest BCUT2D eigenvalue weighted by Gasteiger charge is 2.02. The second-order valence-corrected chi connectivity index (χ2v) is 2.84. The van der Waals surface area contributed by atoms with E-state index < -0.39 is 0 Å². The molecule has 0 fully saturated rings. The van der Waals surface area contributed by atoms with Crippen LogP contribution in [0.1, 0.15) is 32.6 Å². The van der Waals surface area contributed by atoms with Crippen LogP contribution in [-0.2, 0) is 0 Å². The molecule has 1 rings (SSSR count). The molecule has 0 unspecified atom stereocenters. The Balaban J connectivity index is 2.62. The van der Waals surface area contributed by atoms with E-state index in [-0.39, 0.29) is 0 Å². The minimum Gasteiger partial charge on any atom is -0.305 e. The van der Waals surface area contributed by atoms with E-state index in [9.17, 15) is 0 Å². The van der Waals surface area contributed by atoms with Crippen LogP contribution in [0.2, 0.25) is 0 Å². The first-order valence-electron chi connectivity index (χ1n) is 4.28. The van der Waals surface area contributed by atoms with Crippen LogP contribution in [0.15, 0.2) is 23.8 Å². The minimum absolute atomic E-state index is 0.802. The normalized spacial score (nSPS) is 17.4. The fourth-order valence-corrected chi connectivity index (χ4v) is 1.25. The van der Waals surface area contributed by atoms with Gasteiger partial charge in [0.2, 0.25) is 0 Å². The van der Waals surface area contributed by atoms with Crippen LogP contribution in [0.25, 0.3) is 0 Å². The van der Waals surface area contributed by atoms with Gasteiger partial charge < -0.3 is 5.41 Å². The molecule has 1 nitrogen and oxygen atoms in total. The number of allylic oxidation sites excluding steroid dienone is 4. The molecule has 11 heavy (non-hydrogen) atoms. The minimum atomic E-state index is 0.802. The molecule has 0 atom stereocenters. The number of hydrogen-bond donors (Lipinski definition) is 1. The van der Waals surface area contributed by atoms with Crippen molar-refractivity contribution in [1.82, 2.24) is 0 Å². The molecule has 0 amide bonds. The first-order chi connectivity index (χ1) is 5.34. The van der Waals surface area contributed by atoms with E-state index in [1.54, 1.807) is 0 Å². The van der Waals surface area contributed by atoms with E-state index in [2.05, 4.69) is 18.2 Å². The molecule has 0 bridgehead atoms. The van der Waals surface area contributed by atoms with Crippen molar-refractivity contribution in [3.05, 3.63) is 23.8 Å². The predicted molar refractivity (Wildman–Crippen MR) is 49.1 cm³/mol. The summed E-state index contributed by atoms with van der Waals surface area (Å²) in [5, 5.41) is 7.63. The molecule has 0 saturated carbocycles. The average molecular weight is 149 g/mol. The zero-order valence-electron chi connectivity index (χ0n) is 7.06. The topological polar surface area (TPSA) is 23.9 Å². The third kappa shape index (κ3) is 2.34. The Hall–Kier alpha value is -0.850. The van der Waals surface area contributed by atoms with Crippen LogP contribution < -0.4 is 0 Å². The summed E-state index contributed by atoms with van der Waals surface area (Å²) < 4.78 is 0. The molecule has 0 aliphatic heterocycles. The Bertz CT molecular complexity index is 199. The maximum absolute atomic E-state index is 7.63. The molecule has 0 radical (unpaired) electrons. The number of rotatable bonds is 2. The third-order valence-electron chi connectivity index (χ3n) is 1.99. The van der Waals surface area contributed by atoms with Crippen LogP contribution in [0.4, 0.5) is 0 Å². The fourth-order valence-electron chi connectivity index (χ4n) is 1.25. The van der Waals surface area contributed by atoms with Gasteiger partial charge in [0, 0.05) is 5.71 Å². The SMILES string of the molecule is CCC(=N)C1=CC=CCCC1. The van der Waals surface area contributed by atoms with Crippen molar-refractivity contribution >= 4 is 5.71 Å². The van der Waals surface area contributed by atoms with Crippen molar-refractivity contribution in [1.29, 1.82) is 5.41 Å². The first-order valence-corrected chi connectivity index (χ1v) is 4.28. The highest BCUT2D eigenvalue weighted by atomic mass is 14.4. The quantitative estimate of drug-likeness (QED) is 0.583. The summed E-state index contributed by atoms with van der Waals surface area (Å²) in [6.07, 6.45) is 10.6. The van der Waals surface area contributed by atoms with E-state index >= 15 is 0 Å². The zero-order chi connectivity index (χ0) is 8.10. The fraction of sp³-hybridized carbons (Fsp3) is 0.500. The van der Waals surface area contributed by atoms with Crippen LogP contribution in [0, 0.1) is 5.41 Å². The molecule has 0 aromatic heterocycles. The molecule has 0 heterocycles. The van der Waals surface area contributed by atoms with Crippen LogP contribution in [-0.4, -0.2) is 5.71 Å². The lowest BCUT2D eigenvalue weighted by Gasteiger charge is -2.03. The molecule has 1 heteroatoms. The Labute approximate surface area is 68.3 Å². The molecular formula is C10H15N. The van der Waals surface area contributed by atoms with E-state index in [0.717, 1.165) is 25.0 Å².